The van der Waals surface area contributed by atoms with Crippen molar-refractivity contribution in [3.8, 4) is 0 Å². The van der Waals surface area contributed by atoms with Crippen LogP contribution in [-0.2, 0) is 53.7 Å². The first-order valence-corrected chi connectivity index (χ1v) is 17.6. The first-order valence-electron chi connectivity index (χ1n) is 17.6. The van der Waals surface area contributed by atoms with E-state index in [-0.39, 0.29) is 17.7 Å². The van der Waals surface area contributed by atoms with E-state index in [0.29, 0.717) is 76.3 Å². The number of rotatable bonds is 9. The molecule has 0 aromatic carbocycles. The van der Waals surface area contributed by atoms with E-state index in [1.807, 2.05) is 69.3 Å². The van der Waals surface area contributed by atoms with Crippen LogP contribution in [0.1, 0.15) is 114 Å². The summed E-state index contributed by atoms with van der Waals surface area (Å²) in [7, 11) is 0. The molecule has 0 saturated heterocycles. The van der Waals surface area contributed by atoms with Crippen LogP contribution < -0.4 is 0 Å². The lowest BCUT2D eigenvalue weighted by Gasteiger charge is -2.26. The van der Waals surface area contributed by atoms with Gasteiger partial charge in [0.05, 0.1) is 73.4 Å². The Kier molecular flexibility index (Phi) is 13.6. The smallest absolute Gasteiger partial charge is 0.223 e. The molecule has 3 amide bonds. The number of hydrogen-bond acceptors (Lipinski definition) is 6. The second-order valence-corrected chi connectivity index (χ2v) is 14.4. The maximum absolute atomic E-state index is 13.6. The third-order valence-corrected chi connectivity index (χ3v) is 8.58. The van der Waals surface area contributed by atoms with E-state index in [1.165, 1.54) is 0 Å². The lowest BCUT2D eigenvalue weighted by molar-refractivity contribution is -0.133. The van der Waals surface area contributed by atoms with Crippen LogP contribution in [0.25, 0.3) is 0 Å². The minimum atomic E-state index is 0.0538. The molecule has 48 heavy (non-hydrogen) atoms. The standard InChI is InChI=1S/C39H54N6O3/c1-28(2)16-19-37(46)43-22-31-10-7-12-33(40-31)24-44(38(47)20-17-29(3)4)26-35-14-9-15-36(42-35)27-45(39(48)21-18-30(5)6)25-34-13-8-11-32(23-43)41-34/h7-15,28-30H,16-27H2,1-6H3. The lowest BCUT2D eigenvalue weighted by atomic mass is 10.1. The Labute approximate surface area is 287 Å². The molecule has 0 atom stereocenters. The summed E-state index contributed by atoms with van der Waals surface area (Å²) in [5.74, 6) is 1.38. The van der Waals surface area contributed by atoms with E-state index in [0.717, 1.165) is 53.4 Å². The average molecular weight is 655 g/mol. The van der Waals surface area contributed by atoms with E-state index in [1.54, 1.807) is 0 Å². The largest absolute Gasteiger partial charge is 0.331 e. The van der Waals surface area contributed by atoms with Crippen molar-refractivity contribution in [2.24, 2.45) is 17.8 Å². The molecule has 0 saturated carbocycles. The highest BCUT2D eigenvalue weighted by atomic mass is 16.2. The fraction of sp³-hybridized carbons (Fsp3) is 0.538. The van der Waals surface area contributed by atoms with Crippen molar-refractivity contribution in [2.75, 3.05) is 0 Å². The van der Waals surface area contributed by atoms with Crippen LogP contribution in [0.15, 0.2) is 54.6 Å². The van der Waals surface area contributed by atoms with Crippen LogP contribution in [0.2, 0.25) is 0 Å². The molecule has 3 aromatic rings. The van der Waals surface area contributed by atoms with Gasteiger partial charge in [-0.2, -0.15) is 0 Å². The zero-order chi connectivity index (χ0) is 34.6. The van der Waals surface area contributed by atoms with Gasteiger partial charge >= 0.3 is 0 Å². The van der Waals surface area contributed by atoms with E-state index in [2.05, 4.69) is 41.5 Å². The second-order valence-electron chi connectivity index (χ2n) is 14.4. The molecule has 258 valence electrons. The number of fused-ring (bicyclic) bond motifs is 6. The summed E-state index contributed by atoms with van der Waals surface area (Å²) in [6.45, 7) is 14.7. The molecule has 0 spiro atoms. The molecule has 4 heterocycles. The molecule has 6 bridgehead atoms. The van der Waals surface area contributed by atoms with Gasteiger partial charge in [-0.05, 0) is 73.4 Å². The molecule has 1 aliphatic rings. The number of carbonyl (C=O) groups excluding carboxylic acids is 3. The first-order chi connectivity index (χ1) is 22.9. The van der Waals surface area contributed by atoms with Gasteiger partial charge < -0.3 is 14.7 Å². The van der Waals surface area contributed by atoms with E-state index < -0.39 is 0 Å². The zero-order valence-electron chi connectivity index (χ0n) is 29.8. The Morgan fingerprint density at radius 3 is 0.854 bits per heavy atom. The summed E-state index contributed by atoms with van der Waals surface area (Å²) in [5, 5.41) is 0. The van der Waals surface area contributed by atoms with Gasteiger partial charge in [-0.1, -0.05) is 59.7 Å². The second kappa shape index (κ2) is 17.9. The van der Waals surface area contributed by atoms with Crippen molar-refractivity contribution in [3.63, 3.8) is 0 Å². The Bertz CT molecular complexity index is 1280. The van der Waals surface area contributed by atoms with Gasteiger partial charge in [-0.25, -0.2) is 0 Å². The monoisotopic (exact) mass is 654 g/mol. The summed E-state index contributed by atoms with van der Waals surface area (Å²) in [6, 6.07) is 17.5. The summed E-state index contributed by atoms with van der Waals surface area (Å²) in [6.07, 6.45) is 3.72. The van der Waals surface area contributed by atoms with Crippen LogP contribution in [0.3, 0.4) is 0 Å². The van der Waals surface area contributed by atoms with Gasteiger partial charge in [-0.15, -0.1) is 0 Å². The lowest BCUT2D eigenvalue weighted by Crippen LogP contribution is -2.33. The summed E-state index contributed by atoms with van der Waals surface area (Å²) >= 11 is 0. The van der Waals surface area contributed by atoms with E-state index in [9.17, 15) is 14.4 Å². The number of amides is 3. The highest BCUT2D eigenvalue weighted by molar-refractivity contribution is 5.77. The van der Waals surface area contributed by atoms with Gasteiger partial charge in [0.15, 0.2) is 0 Å². The highest BCUT2D eigenvalue weighted by Gasteiger charge is 2.22. The van der Waals surface area contributed by atoms with Gasteiger partial charge in [0.1, 0.15) is 0 Å². The van der Waals surface area contributed by atoms with Gasteiger partial charge in [0.25, 0.3) is 0 Å². The van der Waals surface area contributed by atoms with Gasteiger partial charge in [-0.3, -0.25) is 29.3 Å². The average Bonchev–Trinajstić information content (AvgIpc) is 3.04. The van der Waals surface area contributed by atoms with Crippen LogP contribution in [-0.4, -0.2) is 47.4 Å². The van der Waals surface area contributed by atoms with Crippen molar-refractivity contribution in [1.82, 2.24) is 29.7 Å². The number of carbonyl (C=O) groups is 3. The molecule has 9 nitrogen and oxygen atoms in total. The molecule has 0 radical (unpaired) electrons. The van der Waals surface area contributed by atoms with Crippen molar-refractivity contribution < 1.29 is 14.4 Å². The van der Waals surface area contributed by atoms with Crippen LogP contribution in [0.4, 0.5) is 0 Å². The molecule has 0 unspecified atom stereocenters. The Balaban J connectivity index is 1.75. The van der Waals surface area contributed by atoms with Gasteiger partial charge in [0.2, 0.25) is 17.7 Å². The molecule has 1 aliphatic heterocycles. The van der Waals surface area contributed by atoms with E-state index in [4.69, 9.17) is 15.0 Å². The predicted octanol–water partition coefficient (Wildman–Crippen LogP) is 7.08. The van der Waals surface area contributed by atoms with Crippen molar-refractivity contribution in [3.05, 3.63) is 88.8 Å². The fourth-order valence-corrected chi connectivity index (χ4v) is 5.70. The zero-order valence-corrected chi connectivity index (χ0v) is 29.8. The number of hydrogen-bond donors (Lipinski definition) is 0. The van der Waals surface area contributed by atoms with E-state index >= 15 is 0 Å². The highest BCUT2D eigenvalue weighted by Crippen LogP contribution is 2.19. The van der Waals surface area contributed by atoms with Crippen molar-refractivity contribution in [2.45, 2.75) is 119 Å². The summed E-state index contributed by atoms with van der Waals surface area (Å²) in [4.78, 5) is 61.1. The molecule has 0 fully saturated rings. The third kappa shape index (κ3) is 11.8. The SMILES string of the molecule is CC(C)CCC(=O)N1Cc2cccc(n2)CN(C(=O)CCC(C)C)Cc2cccc(n2)CN(C(=O)CCC(C)C)Cc2cccc(n2)C1. The molecule has 0 aliphatic carbocycles. The Morgan fingerprint density at radius 1 is 0.458 bits per heavy atom. The third-order valence-electron chi connectivity index (χ3n) is 8.58. The minimum Gasteiger partial charge on any atom is -0.331 e. The minimum absolute atomic E-state index is 0.0538. The molecular formula is C39H54N6O3. The summed E-state index contributed by atoms with van der Waals surface area (Å²) < 4.78 is 0. The topological polar surface area (TPSA) is 99.6 Å². The quantitative estimate of drug-likeness (QED) is 0.245. The normalized spacial score (nSPS) is 14.3. The maximum Gasteiger partial charge on any atom is 0.223 e. The molecule has 9 heteroatoms. The van der Waals surface area contributed by atoms with Crippen molar-refractivity contribution in [1.29, 1.82) is 0 Å². The van der Waals surface area contributed by atoms with Crippen molar-refractivity contribution >= 4 is 17.7 Å². The summed E-state index contributed by atoms with van der Waals surface area (Å²) in [5.41, 5.74) is 4.58. The predicted molar refractivity (Wildman–Crippen MR) is 188 cm³/mol. The number of nitrogens with zero attached hydrogens (tertiary/aromatic N) is 6. The van der Waals surface area contributed by atoms with Gasteiger partial charge in [0, 0.05) is 19.3 Å². The Hall–Kier alpha value is -4.14. The van der Waals surface area contributed by atoms with Crippen LogP contribution in [0.5, 0.6) is 0 Å². The molecule has 3 aromatic heterocycles. The first kappa shape index (κ1) is 36.7. The Morgan fingerprint density at radius 2 is 0.667 bits per heavy atom. The van der Waals surface area contributed by atoms with Crippen LogP contribution in [0, 0.1) is 17.8 Å². The molecule has 0 N–H and O–H groups in total. The number of pyridine rings is 3. The fourth-order valence-electron chi connectivity index (χ4n) is 5.70. The maximum atomic E-state index is 13.6. The molecular weight excluding hydrogens is 600 g/mol. The van der Waals surface area contributed by atoms with Crippen LogP contribution >= 0.6 is 0 Å². The number of aromatic nitrogens is 3. The molecule has 4 rings (SSSR count).